The molecule has 0 fully saturated rings. The van der Waals surface area contributed by atoms with Gasteiger partial charge in [-0.05, 0) is 30.3 Å². The van der Waals surface area contributed by atoms with Gasteiger partial charge in [-0.1, -0.05) is 0 Å². The van der Waals surface area contributed by atoms with Crippen LogP contribution in [0.5, 0.6) is 0 Å². The first-order chi connectivity index (χ1) is 9.16. The van der Waals surface area contributed by atoms with E-state index in [0.29, 0.717) is 10.9 Å². The van der Waals surface area contributed by atoms with E-state index in [1.54, 1.807) is 12.1 Å². The van der Waals surface area contributed by atoms with Crippen LogP contribution in [-0.2, 0) is 0 Å². The van der Waals surface area contributed by atoms with Gasteiger partial charge in [-0.3, -0.25) is 4.79 Å². The highest BCUT2D eigenvalue weighted by atomic mass is 16.4. The Hall–Kier alpha value is -2.82. The highest BCUT2D eigenvalue weighted by molar-refractivity contribution is 5.92. The summed E-state index contributed by atoms with van der Waals surface area (Å²) in [6.45, 7) is 0. The van der Waals surface area contributed by atoms with Gasteiger partial charge in [0.2, 0.25) is 5.43 Å². The number of hydrogen-bond donors (Lipinski definition) is 2. The molecule has 0 aliphatic rings. The lowest BCUT2D eigenvalue weighted by Gasteiger charge is -2.05. The number of benzene rings is 1. The molecule has 5 heteroatoms. The average molecular weight is 254 g/mol. The van der Waals surface area contributed by atoms with Crippen molar-refractivity contribution < 1.29 is 9.90 Å². The standard InChI is InChI=1S/C14H10N2O3/c17-13-10-7-9(16-5-1-2-6-16)3-4-12(10)15-8-11(13)14(18)19/h1-8H,(H,15,17)(H,18,19). The van der Waals surface area contributed by atoms with E-state index in [1.165, 1.54) is 6.20 Å². The van der Waals surface area contributed by atoms with Crippen LogP contribution in [0.4, 0.5) is 0 Å². The van der Waals surface area contributed by atoms with E-state index in [-0.39, 0.29) is 5.56 Å². The number of aromatic carboxylic acids is 1. The van der Waals surface area contributed by atoms with Crippen molar-refractivity contribution in [1.82, 2.24) is 9.55 Å². The first kappa shape index (κ1) is 11.3. The third kappa shape index (κ3) is 1.81. The molecular formula is C14H10N2O3. The number of H-pyrrole nitrogens is 1. The molecule has 2 N–H and O–H groups in total. The van der Waals surface area contributed by atoms with Crippen molar-refractivity contribution >= 4 is 16.9 Å². The van der Waals surface area contributed by atoms with Gasteiger partial charge in [0.1, 0.15) is 5.56 Å². The highest BCUT2D eigenvalue weighted by Crippen LogP contribution is 2.15. The van der Waals surface area contributed by atoms with Gasteiger partial charge in [0.15, 0.2) is 0 Å². The maximum absolute atomic E-state index is 12.1. The van der Waals surface area contributed by atoms with E-state index < -0.39 is 11.4 Å². The van der Waals surface area contributed by atoms with Gasteiger partial charge < -0.3 is 14.7 Å². The summed E-state index contributed by atoms with van der Waals surface area (Å²) in [4.78, 5) is 25.9. The Morgan fingerprint density at radius 1 is 1.21 bits per heavy atom. The summed E-state index contributed by atoms with van der Waals surface area (Å²) in [5.41, 5.74) is 0.698. The first-order valence-corrected chi connectivity index (χ1v) is 5.69. The van der Waals surface area contributed by atoms with E-state index in [1.807, 2.05) is 35.2 Å². The minimum atomic E-state index is -1.23. The molecule has 3 rings (SSSR count). The number of carbonyl (C=O) groups is 1. The van der Waals surface area contributed by atoms with Gasteiger partial charge in [-0.25, -0.2) is 4.79 Å². The quantitative estimate of drug-likeness (QED) is 0.734. The van der Waals surface area contributed by atoms with Crippen molar-refractivity contribution in [2.24, 2.45) is 0 Å². The van der Waals surface area contributed by atoms with Crippen LogP contribution in [0.2, 0.25) is 0 Å². The number of fused-ring (bicyclic) bond motifs is 1. The summed E-state index contributed by atoms with van der Waals surface area (Å²) in [5, 5.41) is 9.32. The molecule has 5 nitrogen and oxygen atoms in total. The topological polar surface area (TPSA) is 75.1 Å². The molecule has 19 heavy (non-hydrogen) atoms. The molecule has 0 saturated heterocycles. The monoisotopic (exact) mass is 254 g/mol. The van der Waals surface area contributed by atoms with E-state index in [0.717, 1.165) is 5.69 Å². The summed E-state index contributed by atoms with van der Waals surface area (Å²) in [5.74, 6) is -1.23. The number of hydrogen-bond acceptors (Lipinski definition) is 2. The molecule has 3 aromatic rings. The molecule has 0 atom stereocenters. The van der Waals surface area contributed by atoms with Crippen molar-refractivity contribution in [3.8, 4) is 5.69 Å². The molecule has 0 aliphatic heterocycles. The molecule has 94 valence electrons. The Bertz CT molecular complexity index is 816. The lowest BCUT2D eigenvalue weighted by atomic mass is 10.1. The lowest BCUT2D eigenvalue weighted by Crippen LogP contribution is -2.15. The molecular weight excluding hydrogens is 244 g/mol. The number of aromatic amines is 1. The van der Waals surface area contributed by atoms with E-state index >= 15 is 0 Å². The first-order valence-electron chi connectivity index (χ1n) is 5.69. The van der Waals surface area contributed by atoms with Crippen LogP contribution >= 0.6 is 0 Å². The largest absolute Gasteiger partial charge is 0.477 e. The van der Waals surface area contributed by atoms with Crippen LogP contribution in [-0.4, -0.2) is 20.6 Å². The summed E-state index contributed by atoms with van der Waals surface area (Å²) in [7, 11) is 0. The number of aromatic nitrogens is 2. The molecule has 1 aromatic carbocycles. The van der Waals surface area contributed by atoms with E-state index in [9.17, 15) is 9.59 Å². The molecule has 2 heterocycles. The van der Waals surface area contributed by atoms with Gasteiger partial charge in [-0.15, -0.1) is 0 Å². The second kappa shape index (κ2) is 4.13. The fraction of sp³-hybridized carbons (Fsp3) is 0. The number of nitrogens with one attached hydrogen (secondary N) is 1. The van der Waals surface area contributed by atoms with Crippen LogP contribution in [0.25, 0.3) is 16.6 Å². The molecule has 0 saturated carbocycles. The third-order valence-corrected chi connectivity index (χ3v) is 3.00. The van der Waals surface area contributed by atoms with Crippen molar-refractivity contribution in [3.63, 3.8) is 0 Å². The Morgan fingerprint density at radius 2 is 1.95 bits per heavy atom. The number of pyridine rings is 1. The minimum absolute atomic E-state index is 0.253. The molecule has 0 aliphatic carbocycles. The van der Waals surface area contributed by atoms with Crippen LogP contribution in [0.1, 0.15) is 10.4 Å². The second-order valence-electron chi connectivity index (χ2n) is 4.16. The van der Waals surface area contributed by atoms with Gasteiger partial charge in [-0.2, -0.15) is 0 Å². The Kier molecular flexibility index (Phi) is 2.45. The normalized spacial score (nSPS) is 10.7. The lowest BCUT2D eigenvalue weighted by molar-refractivity contribution is 0.0695. The number of nitrogens with zero attached hydrogens (tertiary/aromatic N) is 1. The fourth-order valence-corrected chi connectivity index (χ4v) is 2.03. The van der Waals surface area contributed by atoms with Gasteiger partial charge >= 0.3 is 5.97 Å². The predicted octanol–water partition coefficient (Wildman–Crippen LogP) is 2.02. The van der Waals surface area contributed by atoms with Crippen LogP contribution in [0.3, 0.4) is 0 Å². The van der Waals surface area contributed by atoms with Crippen molar-refractivity contribution in [2.75, 3.05) is 0 Å². The Balaban J connectivity index is 2.30. The minimum Gasteiger partial charge on any atom is -0.477 e. The van der Waals surface area contributed by atoms with Crippen molar-refractivity contribution in [2.45, 2.75) is 0 Å². The van der Waals surface area contributed by atoms with Crippen LogP contribution < -0.4 is 5.43 Å². The summed E-state index contributed by atoms with van der Waals surface area (Å²) in [6.07, 6.45) is 4.94. The number of carboxylic acid groups (broad SMARTS) is 1. The zero-order valence-corrected chi connectivity index (χ0v) is 9.83. The molecule has 0 spiro atoms. The van der Waals surface area contributed by atoms with Gasteiger partial charge in [0.05, 0.1) is 0 Å². The molecule has 0 bridgehead atoms. The van der Waals surface area contributed by atoms with Crippen molar-refractivity contribution in [3.05, 3.63) is 64.7 Å². The van der Waals surface area contributed by atoms with Gasteiger partial charge in [0, 0.05) is 35.2 Å². The SMILES string of the molecule is O=C(O)c1c[nH]c2ccc(-n3cccc3)cc2c1=O. The number of carboxylic acids is 1. The van der Waals surface area contributed by atoms with Crippen molar-refractivity contribution in [1.29, 1.82) is 0 Å². The van der Waals surface area contributed by atoms with Crippen LogP contribution in [0, 0.1) is 0 Å². The van der Waals surface area contributed by atoms with E-state index in [2.05, 4.69) is 4.98 Å². The molecule has 0 radical (unpaired) electrons. The predicted molar refractivity (Wildman–Crippen MR) is 70.9 cm³/mol. The fourth-order valence-electron chi connectivity index (χ4n) is 2.03. The maximum Gasteiger partial charge on any atom is 0.341 e. The van der Waals surface area contributed by atoms with E-state index in [4.69, 9.17) is 5.11 Å². The Labute approximate surface area is 107 Å². The molecule has 2 aromatic heterocycles. The zero-order valence-electron chi connectivity index (χ0n) is 9.83. The summed E-state index contributed by atoms with van der Waals surface area (Å²) < 4.78 is 1.85. The molecule has 0 unspecified atom stereocenters. The maximum atomic E-state index is 12.1. The Morgan fingerprint density at radius 3 is 2.63 bits per heavy atom. The highest BCUT2D eigenvalue weighted by Gasteiger charge is 2.11. The zero-order chi connectivity index (χ0) is 13.4. The number of rotatable bonds is 2. The van der Waals surface area contributed by atoms with Crippen LogP contribution in [0.15, 0.2) is 53.7 Å². The third-order valence-electron chi connectivity index (χ3n) is 3.00. The van der Waals surface area contributed by atoms with Gasteiger partial charge in [0.25, 0.3) is 0 Å². The summed E-state index contributed by atoms with van der Waals surface area (Å²) >= 11 is 0. The smallest absolute Gasteiger partial charge is 0.341 e. The average Bonchev–Trinajstić information content (AvgIpc) is 2.92. The summed E-state index contributed by atoms with van der Waals surface area (Å²) in [6, 6.07) is 9.06. The second-order valence-corrected chi connectivity index (χ2v) is 4.16. The molecule has 0 amide bonds.